The van der Waals surface area contributed by atoms with Gasteiger partial charge in [0.2, 0.25) is 0 Å². The van der Waals surface area contributed by atoms with E-state index in [4.69, 9.17) is 5.84 Å². The van der Waals surface area contributed by atoms with Gasteiger partial charge in [-0.3, -0.25) is 15.1 Å². The van der Waals surface area contributed by atoms with Crippen molar-refractivity contribution >= 4 is 17.2 Å². The zero-order chi connectivity index (χ0) is 13.0. The molecule has 18 heavy (non-hydrogen) atoms. The molecule has 0 spiro atoms. The zero-order valence-corrected chi connectivity index (χ0v) is 11.5. The number of hydrogen-bond donors (Lipinski definition) is 2. The predicted octanol–water partition coefficient (Wildman–Crippen LogP) is 1.37. The van der Waals surface area contributed by atoms with Crippen molar-refractivity contribution in [3.8, 4) is 0 Å². The number of aromatic nitrogens is 1. The number of nitrogens with zero attached hydrogens (tertiary/aromatic N) is 2. The molecule has 0 unspecified atom stereocenters. The summed E-state index contributed by atoms with van der Waals surface area (Å²) in [5, 5.41) is 2.38. The third-order valence-electron chi connectivity index (χ3n) is 3.55. The molecule has 100 valence electrons. The Balaban J connectivity index is 1.86. The molecule has 0 atom stereocenters. The lowest BCUT2D eigenvalue weighted by molar-refractivity contribution is 0.0952. The molecule has 1 aliphatic rings. The van der Waals surface area contributed by atoms with E-state index in [2.05, 4.69) is 22.2 Å². The van der Waals surface area contributed by atoms with Gasteiger partial charge < -0.3 is 0 Å². The van der Waals surface area contributed by atoms with E-state index < -0.39 is 0 Å². The zero-order valence-electron chi connectivity index (χ0n) is 10.7. The Labute approximate surface area is 111 Å². The second kappa shape index (κ2) is 6.26. The molecule has 1 aromatic rings. The van der Waals surface area contributed by atoms with Crippen LogP contribution in [0.25, 0.3) is 0 Å². The summed E-state index contributed by atoms with van der Waals surface area (Å²) in [6, 6.07) is 0. The Hall–Kier alpha value is -0.980. The number of piperidine rings is 1. The van der Waals surface area contributed by atoms with Crippen molar-refractivity contribution in [2.75, 3.05) is 13.1 Å². The van der Waals surface area contributed by atoms with E-state index >= 15 is 0 Å². The lowest BCUT2D eigenvalue weighted by Gasteiger charge is -2.30. The summed E-state index contributed by atoms with van der Waals surface area (Å²) in [7, 11) is 0. The molecule has 0 aromatic carbocycles. The first kappa shape index (κ1) is 13.5. The summed E-state index contributed by atoms with van der Waals surface area (Å²) in [6.07, 6.45) is 3.83. The molecule has 2 heterocycles. The van der Waals surface area contributed by atoms with Crippen molar-refractivity contribution in [1.82, 2.24) is 15.3 Å². The standard InChI is InChI=1S/C12H20N4OS/c1-2-9-3-5-16(6-4-9)7-10-8-18-12(14-10)11(17)15-13/h8-9H,2-7,13H2,1H3,(H,15,17). The van der Waals surface area contributed by atoms with E-state index in [1.165, 1.54) is 30.6 Å². The molecule has 0 radical (unpaired) electrons. The molecule has 0 bridgehead atoms. The molecule has 1 aromatic heterocycles. The van der Waals surface area contributed by atoms with Gasteiger partial charge in [0.15, 0.2) is 5.01 Å². The molecule has 0 aliphatic carbocycles. The highest BCUT2D eigenvalue weighted by atomic mass is 32.1. The SMILES string of the molecule is CCC1CCN(Cc2csc(C(=O)NN)n2)CC1. The maximum Gasteiger partial charge on any atom is 0.294 e. The second-order valence-corrected chi connectivity index (χ2v) is 5.60. The van der Waals surface area contributed by atoms with Gasteiger partial charge in [0.1, 0.15) is 0 Å². The van der Waals surface area contributed by atoms with E-state index in [0.717, 1.165) is 31.2 Å². The van der Waals surface area contributed by atoms with Crippen molar-refractivity contribution < 1.29 is 4.79 Å². The number of amides is 1. The van der Waals surface area contributed by atoms with Crippen molar-refractivity contribution in [2.24, 2.45) is 11.8 Å². The molecule has 2 rings (SSSR count). The Morgan fingerprint density at radius 1 is 1.61 bits per heavy atom. The Morgan fingerprint density at radius 3 is 2.94 bits per heavy atom. The fraction of sp³-hybridized carbons (Fsp3) is 0.667. The van der Waals surface area contributed by atoms with Crippen molar-refractivity contribution in [1.29, 1.82) is 0 Å². The van der Waals surface area contributed by atoms with Crippen molar-refractivity contribution in [3.05, 3.63) is 16.1 Å². The molecule has 3 N–H and O–H groups in total. The van der Waals surface area contributed by atoms with Gasteiger partial charge in [0.05, 0.1) is 5.69 Å². The van der Waals surface area contributed by atoms with Crippen molar-refractivity contribution in [2.45, 2.75) is 32.7 Å². The lowest BCUT2D eigenvalue weighted by atomic mass is 9.94. The van der Waals surface area contributed by atoms with Gasteiger partial charge >= 0.3 is 0 Å². The fourth-order valence-electron chi connectivity index (χ4n) is 2.33. The first-order valence-corrected chi connectivity index (χ1v) is 7.28. The van der Waals surface area contributed by atoms with Gasteiger partial charge in [-0.05, 0) is 31.8 Å². The number of thiazole rings is 1. The fourth-order valence-corrected chi connectivity index (χ4v) is 3.04. The number of hydrazine groups is 1. The van der Waals surface area contributed by atoms with Gasteiger partial charge in [0, 0.05) is 11.9 Å². The highest BCUT2D eigenvalue weighted by molar-refractivity contribution is 7.11. The van der Waals surface area contributed by atoms with Crippen LogP contribution in [0, 0.1) is 5.92 Å². The number of rotatable bonds is 4. The van der Waals surface area contributed by atoms with Crippen LogP contribution >= 0.6 is 11.3 Å². The molecule has 1 aliphatic heterocycles. The molecular weight excluding hydrogens is 248 g/mol. The van der Waals surface area contributed by atoms with Crippen LogP contribution in [0.4, 0.5) is 0 Å². The minimum absolute atomic E-state index is 0.309. The summed E-state index contributed by atoms with van der Waals surface area (Å²) in [5.74, 6) is 5.66. The van der Waals surface area contributed by atoms with E-state index in [1.54, 1.807) is 0 Å². The summed E-state index contributed by atoms with van der Waals surface area (Å²) < 4.78 is 0. The van der Waals surface area contributed by atoms with Crippen LogP contribution in [0.3, 0.4) is 0 Å². The Kier molecular flexibility index (Phi) is 4.68. The molecule has 0 saturated carbocycles. The third kappa shape index (κ3) is 3.28. The van der Waals surface area contributed by atoms with Gasteiger partial charge in [-0.2, -0.15) is 0 Å². The van der Waals surface area contributed by atoms with Gasteiger partial charge in [0.25, 0.3) is 5.91 Å². The molecular formula is C12H20N4OS. The normalized spacial score (nSPS) is 17.9. The average molecular weight is 268 g/mol. The highest BCUT2D eigenvalue weighted by Crippen LogP contribution is 2.21. The van der Waals surface area contributed by atoms with Crippen LogP contribution in [0.2, 0.25) is 0 Å². The summed E-state index contributed by atoms with van der Waals surface area (Å²) in [4.78, 5) is 18.0. The number of nitrogens with one attached hydrogen (secondary N) is 1. The van der Waals surface area contributed by atoms with Crippen LogP contribution in [0.15, 0.2) is 5.38 Å². The third-order valence-corrected chi connectivity index (χ3v) is 4.44. The van der Waals surface area contributed by atoms with E-state index in [9.17, 15) is 4.79 Å². The largest absolute Gasteiger partial charge is 0.297 e. The number of nitrogens with two attached hydrogens (primary N) is 1. The topological polar surface area (TPSA) is 71.2 Å². The number of likely N-dealkylation sites (tertiary alicyclic amines) is 1. The average Bonchev–Trinajstić information content (AvgIpc) is 2.87. The number of hydrogen-bond acceptors (Lipinski definition) is 5. The van der Waals surface area contributed by atoms with Crippen molar-refractivity contribution in [3.63, 3.8) is 0 Å². The quantitative estimate of drug-likeness (QED) is 0.491. The first-order valence-electron chi connectivity index (χ1n) is 6.40. The maximum absolute atomic E-state index is 11.3. The summed E-state index contributed by atoms with van der Waals surface area (Å²) >= 11 is 1.35. The van der Waals surface area contributed by atoms with Gasteiger partial charge in [-0.15, -0.1) is 11.3 Å². The monoisotopic (exact) mass is 268 g/mol. The number of carbonyl (C=O) groups excluding carboxylic acids is 1. The second-order valence-electron chi connectivity index (χ2n) is 4.75. The predicted molar refractivity (Wildman–Crippen MR) is 72.1 cm³/mol. The summed E-state index contributed by atoms with van der Waals surface area (Å²) in [6.45, 7) is 5.37. The van der Waals surface area contributed by atoms with Gasteiger partial charge in [-0.25, -0.2) is 10.8 Å². The Bertz CT molecular complexity index is 399. The van der Waals surface area contributed by atoms with E-state index in [1.807, 2.05) is 5.38 Å². The van der Waals surface area contributed by atoms with Crippen LogP contribution in [-0.4, -0.2) is 28.9 Å². The molecule has 5 nitrogen and oxygen atoms in total. The minimum atomic E-state index is -0.309. The maximum atomic E-state index is 11.3. The molecule has 1 saturated heterocycles. The minimum Gasteiger partial charge on any atom is -0.297 e. The van der Waals surface area contributed by atoms with E-state index in [0.29, 0.717) is 5.01 Å². The highest BCUT2D eigenvalue weighted by Gasteiger charge is 2.19. The van der Waals surface area contributed by atoms with Gasteiger partial charge in [-0.1, -0.05) is 13.3 Å². The number of nitrogen functional groups attached to an aromatic ring is 1. The molecule has 1 amide bonds. The Morgan fingerprint density at radius 2 is 2.33 bits per heavy atom. The first-order chi connectivity index (χ1) is 8.72. The lowest BCUT2D eigenvalue weighted by Crippen LogP contribution is -2.33. The molecule has 1 fully saturated rings. The summed E-state index contributed by atoms with van der Waals surface area (Å²) in [5.41, 5.74) is 3.07. The van der Waals surface area contributed by atoms with Crippen LogP contribution in [0.5, 0.6) is 0 Å². The van der Waals surface area contributed by atoms with Crippen LogP contribution < -0.4 is 11.3 Å². The van der Waals surface area contributed by atoms with Crippen LogP contribution in [-0.2, 0) is 6.54 Å². The van der Waals surface area contributed by atoms with Crippen LogP contribution in [0.1, 0.15) is 41.7 Å². The molecule has 6 heteroatoms. The number of carbonyl (C=O) groups is 1. The van der Waals surface area contributed by atoms with E-state index in [-0.39, 0.29) is 5.91 Å². The smallest absolute Gasteiger partial charge is 0.294 e.